The number of ether oxygens (including phenoxy) is 2. The summed E-state index contributed by atoms with van der Waals surface area (Å²) in [5, 5.41) is 10.4. The van der Waals surface area contributed by atoms with Crippen LogP contribution in [0.1, 0.15) is 76.1 Å². The molecule has 1 saturated heterocycles. The highest BCUT2D eigenvalue weighted by Crippen LogP contribution is 2.45. The number of aryl methyl sites for hydroxylation is 2. The number of carboxylic acid groups (broad SMARTS) is 1. The van der Waals surface area contributed by atoms with E-state index in [0.29, 0.717) is 29.0 Å². The maximum atomic E-state index is 14.0. The number of hydrogen-bond donors (Lipinski definition) is 1. The Morgan fingerprint density at radius 1 is 1.05 bits per heavy atom. The number of carbonyl (C=O) groups is 1. The van der Waals surface area contributed by atoms with E-state index in [0.717, 1.165) is 54.5 Å². The first-order valence-electron chi connectivity index (χ1n) is 14.5. The molecule has 1 aromatic heterocycles. The van der Waals surface area contributed by atoms with Crippen LogP contribution < -0.4 is 9.64 Å². The molecular formula is C34H42F2N2O4. The fourth-order valence-corrected chi connectivity index (χ4v) is 5.48. The molecule has 226 valence electrons. The molecule has 1 unspecified atom stereocenters. The molecule has 0 amide bonds. The Morgan fingerprint density at radius 3 is 2.26 bits per heavy atom. The lowest BCUT2D eigenvalue weighted by atomic mass is 9.82. The lowest BCUT2D eigenvalue weighted by molar-refractivity contribution is -0.160. The second kappa shape index (κ2) is 12.4. The second-order valence-electron chi connectivity index (χ2n) is 12.9. The fraction of sp³-hybridized carbons (Fsp3) is 0.471. The summed E-state index contributed by atoms with van der Waals surface area (Å²) in [4.78, 5) is 19.8. The zero-order valence-corrected chi connectivity index (χ0v) is 25.7. The molecule has 3 aromatic rings. The number of carboxylic acids is 1. The molecule has 1 fully saturated rings. The molecule has 0 bridgehead atoms. The molecule has 0 saturated carbocycles. The Morgan fingerprint density at radius 2 is 1.69 bits per heavy atom. The molecule has 6 nitrogen and oxygen atoms in total. The quantitative estimate of drug-likeness (QED) is 0.278. The molecule has 2 heterocycles. The normalized spacial score (nSPS) is 15.9. The van der Waals surface area contributed by atoms with Gasteiger partial charge in [-0.15, -0.1) is 0 Å². The van der Waals surface area contributed by atoms with Crippen molar-refractivity contribution >= 4 is 11.7 Å². The maximum absolute atomic E-state index is 14.0. The average Bonchev–Trinajstić information content (AvgIpc) is 2.88. The van der Waals surface area contributed by atoms with Gasteiger partial charge in [-0.2, -0.15) is 0 Å². The van der Waals surface area contributed by atoms with Gasteiger partial charge >= 0.3 is 5.97 Å². The van der Waals surface area contributed by atoms with E-state index in [4.69, 9.17) is 14.5 Å². The summed E-state index contributed by atoms with van der Waals surface area (Å²) in [6.45, 7) is 15.7. The van der Waals surface area contributed by atoms with Crippen molar-refractivity contribution in [1.29, 1.82) is 0 Å². The topological polar surface area (TPSA) is 71.9 Å². The third kappa shape index (κ3) is 7.46. The van der Waals surface area contributed by atoms with Crippen LogP contribution in [-0.4, -0.2) is 41.4 Å². The van der Waals surface area contributed by atoms with Crippen molar-refractivity contribution in [2.75, 3.05) is 24.6 Å². The van der Waals surface area contributed by atoms with Gasteiger partial charge in [0.15, 0.2) is 6.10 Å². The van der Waals surface area contributed by atoms with Gasteiger partial charge in [-0.3, -0.25) is 4.98 Å². The van der Waals surface area contributed by atoms with E-state index in [-0.39, 0.29) is 12.0 Å². The zero-order valence-electron chi connectivity index (χ0n) is 25.7. The van der Waals surface area contributed by atoms with Crippen molar-refractivity contribution in [3.8, 4) is 16.9 Å². The lowest BCUT2D eigenvalue weighted by Crippen LogP contribution is -2.39. The van der Waals surface area contributed by atoms with Crippen LogP contribution >= 0.6 is 0 Å². The van der Waals surface area contributed by atoms with E-state index >= 15 is 0 Å². The Balaban J connectivity index is 1.71. The third-order valence-corrected chi connectivity index (χ3v) is 7.77. The molecule has 1 atom stereocenters. The van der Waals surface area contributed by atoms with Crippen LogP contribution in [0.5, 0.6) is 5.75 Å². The van der Waals surface area contributed by atoms with Crippen molar-refractivity contribution in [1.82, 2.24) is 4.98 Å². The smallest absolute Gasteiger partial charge is 0.337 e. The summed E-state index contributed by atoms with van der Waals surface area (Å²) in [7, 11) is 0. The van der Waals surface area contributed by atoms with Crippen LogP contribution in [-0.2, 0) is 16.0 Å². The Kier molecular flexibility index (Phi) is 9.26. The number of piperidine rings is 1. The van der Waals surface area contributed by atoms with Crippen molar-refractivity contribution in [3.05, 3.63) is 76.6 Å². The average molecular weight is 581 g/mol. The van der Waals surface area contributed by atoms with Crippen LogP contribution in [0.3, 0.4) is 0 Å². The molecule has 2 aromatic carbocycles. The van der Waals surface area contributed by atoms with E-state index < -0.39 is 29.3 Å². The molecule has 8 heteroatoms. The molecule has 4 rings (SSSR count). The minimum atomic E-state index is -1.18. The zero-order chi connectivity index (χ0) is 30.8. The first kappa shape index (κ1) is 31.4. The summed E-state index contributed by atoms with van der Waals surface area (Å²) in [6, 6.07) is 11.1. The van der Waals surface area contributed by atoms with Gasteiger partial charge in [0.2, 0.25) is 0 Å². The van der Waals surface area contributed by atoms with E-state index in [2.05, 4.69) is 18.7 Å². The van der Waals surface area contributed by atoms with Gasteiger partial charge in [0.1, 0.15) is 17.4 Å². The first-order valence-corrected chi connectivity index (χ1v) is 14.5. The lowest BCUT2D eigenvalue weighted by Gasteiger charge is -2.41. The van der Waals surface area contributed by atoms with Gasteiger partial charge in [0.05, 0.1) is 17.9 Å². The Labute approximate surface area is 247 Å². The molecule has 0 aliphatic carbocycles. The standard InChI is InChI=1S/C34H42F2N2O4/c1-21-28(24-9-12-26(13-10-24)41-19-14-23-8-11-25(35)20-27(23)36)30(38-17-15-34(6,7)16-18-38)29(22(2)37-21)31(32(39)40)42-33(3,4)5/h8-13,20,31H,14-19H2,1-7H3,(H,39,40). The van der Waals surface area contributed by atoms with E-state index in [9.17, 15) is 18.7 Å². The predicted octanol–water partition coefficient (Wildman–Crippen LogP) is 7.83. The maximum Gasteiger partial charge on any atom is 0.337 e. The minimum Gasteiger partial charge on any atom is -0.493 e. The van der Waals surface area contributed by atoms with Gasteiger partial charge < -0.3 is 19.5 Å². The molecule has 42 heavy (non-hydrogen) atoms. The van der Waals surface area contributed by atoms with E-state index in [1.54, 1.807) is 0 Å². The molecule has 1 N–H and O–H groups in total. The van der Waals surface area contributed by atoms with Crippen LogP contribution in [0.2, 0.25) is 0 Å². The number of pyridine rings is 1. The highest BCUT2D eigenvalue weighted by atomic mass is 19.1. The van der Waals surface area contributed by atoms with Crippen molar-refractivity contribution in [2.45, 2.75) is 79.4 Å². The molecular weight excluding hydrogens is 538 g/mol. The predicted molar refractivity (Wildman–Crippen MR) is 161 cm³/mol. The summed E-state index contributed by atoms with van der Waals surface area (Å²) >= 11 is 0. The summed E-state index contributed by atoms with van der Waals surface area (Å²) in [6.07, 6.45) is 1.08. The number of aromatic nitrogens is 1. The SMILES string of the molecule is Cc1nc(C)c(C(OC(C)(C)C)C(=O)O)c(N2CCC(C)(C)CC2)c1-c1ccc(OCCc2ccc(F)cc2F)cc1. The van der Waals surface area contributed by atoms with Crippen LogP contribution in [0.4, 0.5) is 14.5 Å². The van der Waals surface area contributed by atoms with Crippen LogP contribution in [0.15, 0.2) is 42.5 Å². The van der Waals surface area contributed by atoms with Crippen LogP contribution in [0.25, 0.3) is 11.1 Å². The van der Waals surface area contributed by atoms with E-state index in [1.807, 2.05) is 58.9 Å². The van der Waals surface area contributed by atoms with Gasteiger partial charge in [0, 0.05) is 48.1 Å². The fourth-order valence-electron chi connectivity index (χ4n) is 5.48. The number of rotatable bonds is 9. The highest BCUT2D eigenvalue weighted by Gasteiger charge is 2.36. The second-order valence-corrected chi connectivity index (χ2v) is 12.9. The number of anilines is 1. The largest absolute Gasteiger partial charge is 0.493 e. The minimum absolute atomic E-state index is 0.206. The van der Waals surface area contributed by atoms with Gasteiger partial charge in [-0.1, -0.05) is 32.0 Å². The Bertz CT molecular complexity index is 1420. The molecule has 0 spiro atoms. The number of aliphatic carboxylic acids is 1. The number of benzene rings is 2. The number of halogens is 2. The van der Waals surface area contributed by atoms with Crippen molar-refractivity contribution in [2.24, 2.45) is 5.41 Å². The molecule has 1 aliphatic heterocycles. The molecule has 1 aliphatic rings. The van der Waals surface area contributed by atoms with Gasteiger partial charge in [-0.25, -0.2) is 13.6 Å². The first-order chi connectivity index (χ1) is 19.6. The van der Waals surface area contributed by atoms with Gasteiger partial charge in [-0.05, 0) is 82.2 Å². The van der Waals surface area contributed by atoms with E-state index in [1.165, 1.54) is 12.1 Å². The Hall–Kier alpha value is -3.52. The van der Waals surface area contributed by atoms with Crippen LogP contribution in [0, 0.1) is 30.9 Å². The van der Waals surface area contributed by atoms with Crippen molar-refractivity contribution in [3.63, 3.8) is 0 Å². The summed E-state index contributed by atoms with van der Waals surface area (Å²) in [5.74, 6) is -1.63. The highest BCUT2D eigenvalue weighted by molar-refractivity contribution is 5.88. The summed E-state index contributed by atoms with van der Waals surface area (Å²) < 4.78 is 39.2. The van der Waals surface area contributed by atoms with Gasteiger partial charge in [0.25, 0.3) is 0 Å². The monoisotopic (exact) mass is 580 g/mol. The third-order valence-electron chi connectivity index (χ3n) is 7.77. The number of hydrogen-bond acceptors (Lipinski definition) is 5. The molecule has 0 radical (unpaired) electrons. The number of nitrogens with zero attached hydrogens (tertiary/aromatic N) is 2. The van der Waals surface area contributed by atoms with Crippen molar-refractivity contribution < 1.29 is 28.2 Å². The summed E-state index contributed by atoms with van der Waals surface area (Å²) in [5.41, 5.74) is 4.55.